The van der Waals surface area contributed by atoms with E-state index in [0.29, 0.717) is 36.8 Å². The molecule has 1 saturated carbocycles. The molecular formula is C23H31N5O3. The van der Waals surface area contributed by atoms with Crippen molar-refractivity contribution >= 4 is 16.9 Å². The van der Waals surface area contributed by atoms with E-state index in [4.69, 9.17) is 9.84 Å². The minimum atomic E-state index is -0.622. The molecule has 1 aliphatic carbocycles. The lowest BCUT2D eigenvalue weighted by Gasteiger charge is -2.36. The molecule has 31 heavy (non-hydrogen) atoms. The molecule has 2 heterocycles. The Morgan fingerprint density at radius 2 is 2.00 bits per heavy atom. The third-order valence-corrected chi connectivity index (χ3v) is 6.05. The molecule has 4 rings (SSSR count). The highest BCUT2D eigenvalue weighted by Crippen LogP contribution is 2.33. The molecule has 8 heteroatoms. The number of nitrogens with zero attached hydrogens (tertiary/aromatic N) is 4. The van der Waals surface area contributed by atoms with Crippen LogP contribution in [-0.4, -0.2) is 54.8 Å². The summed E-state index contributed by atoms with van der Waals surface area (Å²) in [7, 11) is 0. The Hall–Kier alpha value is -2.71. The fraction of sp³-hybridized carbons (Fsp3) is 0.522. The van der Waals surface area contributed by atoms with Gasteiger partial charge in [-0.1, -0.05) is 6.07 Å². The minimum Gasteiger partial charge on any atom is -0.493 e. The summed E-state index contributed by atoms with van der Waals surface area (Å²) in [5, 5.41) is 28.1. The fourth-order valence-electron chi connectivity index (χ4n) is 4.24. The summed E-state index contributed by atoms with van der Waals surface area (Å²) in [6.45, 7) is 4.36. The highest BCUT2D eigenvalue weighted by molar-refractivity contribution is 5.86. The number of nitrogens with one attached hydrogen (secondary N) is 1. The van der Waals surface area contributed by atoms with Crippen LogP contribution in [0.2, 0.25) is 0 Å². The summed E-state index contributed by atoms with van der Waals surface area (Å²) in [5.41, 5.74) is 0.278. The van der Waals surface area contributed by atoms with E-state index in [0.717, 1.165) is 42.3 Å². The summed E-state index contributed by atoms with van der Waals surface area (Å²) in [5.74, 6) is 2.35. The lowest BCUT2D eigenvalue weighted by molar-refractivity contribution is -0.000415. The molecule has 0 bridgehead atoms. The van der Waals surface area contributed by atoms with Crippen LogP contribution in [0, 0.1) is 5.92 Å². The van der Waals surface area contributed by atoms with Gasteiger partial charge in [0.1, 0.15) is 5.75 Å². The van der Waals surface area contributed by atoms with Crippen molar-refractivity contribution in [3.63, 3.8) is 0 Å². The van der Waals surface area contributed by atoms with E-state index in [1.165, 1.54) is 0 Å². The maximum atomic E-state index is 10.3. The number of ether oxygens (including phenoxy) is 1. The van der Waals surface area contributed by atoms with E-state index in [1.807, 2.05) is 38.1 Å². The van der Waals surface area contributed by atoms with E-state index < -0.39 is 5.60 Å². The summed E-state index contributed by atoms with van der Waals surface area (Å²) in [6.07, 6.45) is 8.05. The Morgan fingerprint density at radius 1 is 1.19 bits per heavy atom. The summed E-state index contributed by atoms with van der Waals surface area (Å²) in [6, 6.07) is 7.95. The highest BCUT2D eigenvalue weighted by Gasteiger charge is 2.31. The van der Waals surface area contributed by atoms with Gasteiger partial charge in [0.2, 0.25) is 5.95 Å². The second-order valence-corrected chi connectivity index (χ2v) is 8.76. The number of benzene rings is 1. The van der Waals surface area contributed by atoms with Crippen molar-refractivity contribution in [1.82, 2.24) is 19.7 Å². The average Bonchev–Trinajstić information content (AvgIpc) is 3.19. The van der Waals surface area contributed by atoms with Crippen molar-refractivity contribution in [2.45, 2.75) is 57.6 Å². The van der Waals surface area contributed by atoms with E-state index >= 15 is 0 Å². The van der Waals surface area contributed by atoms with Crippen LogP contribution in [0.5, 0.6) is 5.75 Å². The van der Waals surface area contributed by atoms with Crippen LogP contribution in [0.25, 0.3) is 16.7 Å². The minimum absolute atomic E-state index is 0.103. The van der Waals surface area contributed by atoms with Crippen molar-refractivity contribution in [2.75, 3.05) is 18.5 Å². The number of aliphatic hydroxyl groups excluding tert-OH is 1. The Balaban J connectivity index is 1.49. The van der Waals surface area contributed by atoms with E-state index in [2.05, 4.69) is 20.4 Å². The molecule has 0 saturated heterocycles. The molecule has 1 aliphatic rings. The van der Waals surface area contributed by atoms with E-state index in [-0.39, 0.29) is 6.61 Å². The maximum absolute atomic E-state index is 10.3. The predicted molar refractivity (Wildman–Crippen MR) is 120 cm³/mol. The number of aliphatic hydroxyl groups is 2. The van der Waals surface area contributed by atoms with Gasteiger partial charge in [0, 0.05) is 31.3 Å². The molecular weight excluding hydrogens is 394 g/mol. The monoisotopic (exact) mass is 425 g/mol. The molecule has 8 nitrogen and oxygen atoms in total. The van der Waals surface area contributed by atoms with Gasteiger partial charge in [-0.2, -0.15) is 10.1 Å². The normalized spacial score (nSPS) is 19.5. The van der Waals surface area contributed by atoms with Gasteiger partial charge < -0.3 is 20.3 Å². The topological polar surface area (TPSA) is 105 Å². The number of rotatable bonds is 8. The summed E-state index contributed by atoms with van der Waals surface area (Å²) >= 11 is 0. The fourth-order valence-corrected chi connectivity index (χ4v) is 4.24. The van der Waals surface area contributed by atoms with Crippen molar-refractivity contribution in [1.29, 1.82) is 0 Å². The van der Waals surface area contributed by atoms with Crippen LogP contribution in [-0.2, 0) is 0 Å². The molecule has 0 spiro atoms. The maximum Gasteiger partial charge on any atom is 0.224 e. The molecule has 0 unspecified atom stereocenters. The Kier molecular flexibility index (Phi) is 6.38. The van der Waals surface area contributed by atoms with Crippen LogP contribution >= 0.6 is 0 Å². The third kappa shape index (κ3) is 4.97. The zero-order chi connectivity index (χ0) is 21.8. The molecule has 0 atom stereocenters. The van der Waals surface area contributed by atoms with Gasteiger partial charge in [-0.3, -0.25) is 0 Å². The first-order valence-electron chi connectivity index (χ1n) is 11.0. The SMILES string of the molecule is CC(C)(O)C1CCC(Nc2nccc(-n3ncc4c(OCCCO)cccc43)n2)CC1. The predicted octanol–water partition coefficient (Wildman–Crippen LogP) is 3.32. The van der Waals surface area contributed by atoms with Gasteiger partial charge in [0.05, 0.1) is 29.3 Å². The molecule has 1 aromatic carbocycles. The summed E-state index contributed by atoms with van der Waals surface area (Å²) < 4.78 is 7.57. The number of anilines is 1. The second kappa shape index (κ2) is 9.20. The van der Waals surface area contributed by atoms with Gasteiger partial charge in [-0.25, -0.2) is 9.67 Å². The molecule has 3 N–H and O–H groups in total. The van der Waals surface area contributed by atoms with Crippen LogP contribution < -0.4 is 10.1 Å². The molecule has 0 radical (unpaired) electrons. The zero-order valence-corrected chi connectivity index (χ0v) is 18.2. The summed E-state index contributed by atoms with van der Waals surface area (Å²) in [4.78, 5) is 9.08. The van der Waals surface area contributed by atoms with Gasteiger partial charge in [-0.05, 0) is 57.6 Å². The number of aromatic nitrogens is 4. The highest BCUT2D eigenvalue weighted by atomic mass is 16.5. The molecule has 3 aromatic rings. The average molecular weight is 426 g/mol. The quantitative estimate of drug-likeness (QED) is 0.476. The van der Waals surface area contributed by atoms with Gasteiger partial charge in [0.15, 0.2) is 5.82 Å². The second-order valence-electron chi connectivity index (χ2n) is 8.76. The van der Waals surface area contributed by atoms with E-state index in [9.17, 15) is 5.11 Å². The standard InChI is InChI=1S/C23H31N5O3/c1-23(2,30)16-7-9-17(10-8-16)26-22-24-12-11-21(27-22)28-19-5-3-6-20(18(19)15-25-28)31-14-4-13-29/h3,5-6,11-12,15-17,29-30H,4,7-10,13-14H2,1-2H3,(H,24,26,27). The third-order valence-electron chi connectivity index (χ3n) is 6.05. The molecule has 2 aromatic heterocycles. The smallest absolute Gasteiger partial charge is 0.224 e. The number of fused-ring (bicyclic) bond motifs is 1. The van der Waals surface area contributed by atoms with Crippen molar-refractivity contribution in [2.24, 2.45) is 5.92 Å². The number of hydrogen-bond acceptors (Lipinski definition) is 7. The molecule has 0 aliphatic heterocycles. The van der Waals surface area contributed by atoms with Gasteiger partial charge >= 0.3 is 0 Å². The van der Waals surface area contributed by atoms with Crippen molar-refractivity contribution in [3.8, 4) is 11.6 Å². The first kappa shape index (κ1) is 21.5. The molecule has 0 amide bonds. The Labute approximate surface area is 182 Å². The largest absolute Gasteiger partial charge is 0.493 e. The Morgan fingerprint density at radius 3 is 2.74 bits per heavy atom. The van der Waals surface area contributed by atoms with Crippen molar-refractivity contribution < 1.29 is 14.9 Å². The van der Waals surface area contributed by atoms with Crippen LogP contribution in [0.1, 0.15) is 46.0 Å². The van der Waals surface area contributed by atoms with E-state index in [1.54, 1.807) is 17.1 Å². The molecule has 1 fully saturated rings. The first-order valence-corrected chi connectivity index (χ1v) is 11.0. The molecule has 166 valence electrons. The van der Waals surface area contributed by atoms with Crippen LogP contribution in [0.4, 0.5) is 5.95 Å². The van der Waals surface area contributed by atoms with Crippen LogP contribution in [0.3, 0.4) is 0 Å². The van der Waals surface area contributed by atoms with Gasteiger partial charge in [0.25, 0.3) is 0 Å². The lowest BCUT2D eigenvalue weighted by Crippen LogP contribution is -2.37. The zero-order valence-electron chi connectivity index (χ0n) is 18.2. The first-order chi connectivity index (χ1) is 15.0. The van der Waals surface area contributed by atoms with Crippen LogP contribution in [0.15, 0.2) is 36.7 Å². The lowest BCUT2D eigenvalue weighted by atomic mass is 9.77. The number of hydrogen-bond donors (Lipinski definition) is 3. The van der Waals surface area contributed by atoms with Gasteiger partial charge in [-0.15, -0.1) is 0 Å². The van der Waals surface area contributed by atoms with Crippen molar-refractivity contribution in [3.05, 3.63) is 36.7 Å². The Bertz CT molecular complexity index is 1010.